The second kappa shape index (κ2) is 4.25. The van der Waals surface area contributed by atoms with Gasteiger partial charge in [0, 0.05) is 0 Å². The molecular weight excluding hydrogens is 236 g/mol. The van der Waals surface area contributed by atoms with Crippen molar-refractivity contribution in [1.29, 1.82) is 0 Å². The number of hydrogen-bond donors (Lipinski definition) is 1. The molecule has 0 bridgehead atoms. The van der Waals surface area contributed by atoms with Gasteiger partial charge in [-0.05, 0) is 43.3 Å². The van der Waals surface area contributed by atoms with E-state index in [4.69, 9.17) is 9.52 Å². The van der Waals surface area contributed by atoms with E-state index >= 15 is 0 Å². The predicted molar refractivity (Wildman–Crippen MR) is 61.7 cm³/mol. The Morgan fingerprint density at radius 3 is 2.78 bits per heavy atom. The lowest BCUT2D eigenvalue weighted by atomic mass is 9.94. The number of rotatable bonds is 4. The third kappa shape index (κ3) is 2.24. The highest BCUT2D eigenvalue weighted by atomic mass is 16.4. The standard InChI is InChI=1S/C11H14N4O3/c1-7-4-5-8(18-7)9-12-13-14-15(9)6-11(2,3)10(16)17/h4-5H,6H2,1-3H3,(H,16,17). The molecule has 1 N–H and O–H groups in total. The Labute approximate surface area is 103 Å². The molecule has 0 fully saturated rings. The first-order chi connectivity index (χ1) is 8.40. The molecular formula is C11H14N4O3. The summed E-state index contributed by atoms with van der Waals surface area (Å²) in [6.45, 7) is 5.23. The summed E-state index contributed by atoms with van der Waals surface area (Å²) in [5, 5.41) is 20.3. The second-order valence-electron chi connectivity index (χ2n) is 4.76. The lowest BCUT2D eigenvalue weighted by Crippen LogP contribution is -2.30. The molecule has 7 nitrogen and oxygen atoms in total. The van der Waals surface area contributed by atoms with Crippen LogP contribution >= 0.6 is 0 Å². The summed E-state index contributed by atoms with van der Waals surface area (Å²) < 4.78 is 6.87. The SMILES string of the molecule is Cc1ccc(-c2nnnn2CC(C)(C)C(=O)O)o1. The van der Waals surface area contributed by atoms with Crippen LogP contribution in [0.2, 0.25) is 0 Å². The third-order valence-corrected chi connectivity index (χ3v) is 2.62. The summed E-state index contributed by atoms with van der Waals surface area (Å²) in [6, 6.07) is 3.56. The summed E-state index contributed by atoms with van der Waals surface area (Å²) in [7, 11) is 0. The van der Waals surface area contributed by atoms with Gasteiger partial charge in [0.15, 0.2) is 5.76 Å². The van der Waals surface area contributed by atoms with Gasteiger partial charge < -0.3 is 9.52 Å². The van der Waals surface area contributed by atoms with Gasteiger partial charge in [0.25, 0.3) is 0 Å². The van der Waals surface area contributed by atoms with Crippen LogP contribution in [0.1, 0.15) is 19.6 Å². The molecule has 2 aromatic heterocycles. The Hall–Kier alpha value is -2.18. The topological polar surface area (TPSA) is 94.0 Å². The van der Waals surface area contributed by atoms with E-state index in [1.54, 1.807) is 26.0 Å². The zero-order valence-electron chi connectivity index (χ0n) is 10.4. The highest BCUT2D eigenvalue weighted by Crippen LogP contribution is 2.23. The first-order valence-corrected chi connectivity index (χ1v) is 5.46. The number of carboxylic acids is 1. The van der Waals surface area contributed by atoms with Gasteiger partial charge in [-0.1, -0.05) is 0 Å². The fourth-order valence-electron chi connectivity index (χ4n) is 1.48. The molecule has 2 heterocycles. The van der Waals surface area contributed by atoms with E-state index in [2.05, 4.69) is 15.5 Å². The average Bonchev–Trinajstić information content (AvgIpc) is 2.86. The van der Waals surface area contributed by atoms with Gasteiger partial charge >= 0.3 is 5.97 Å². The minimum atomic E-state index is -0.953. The predicted octanol–water partition coefficient (Wildman–Crippen LogP) is 1.35. The molecule has 7 heteroatoms. The second-order valence-corrected chi connectivity index (χ2v) is 4.76. The van der Waals surface area contributed by atoms with E-state index in [1.807, 2.05) is 6.92 Å². The maximum atomic E-state index is 11.1. The number of nitrogens with zero attached hydrogens (tertiary/aromatic N) is 4. The number of carboxylic acid groups (broad SMARTS) is 1. The van der Waals surface area contributed by atoms with Gasteiger partial charge in [0.05, 0.1) is 12.0 Å². The number of furan rings is 1. The summed E-state index contributed by atoms with van der Waals surface area (Å²) >= 11 is 0. The van der Waals surface area contributed by atoms with Crippen LogP contribution in [0.25, 0.3) is 11.6 Å². The normalized spacial score (nSPS) is 11.7. The molecule has 0 aromatic carbocycles. The molecule has 96 valence electrons. The van der Waals surface area contributed by atoms with Crippen molar-refractivity contribution in [3.63, 3.8) is 0 Å². The van der Waals surface area contributed by atoms with Gasteiger partial charge in [-0.25, -0.2) is 4.68 Å². The van der Waals surface area contributed by atoms with E-state index in [9.17, 15) is 4.79 Å². The van der Waals surface area contributed by atoms with Crippen molar-refractivity contribution in [3.8, 4) is 11.6 Å². The Morgan fingerprint density at radius 1 is 1.50 bits per heavy atom. The number of aryl methyl sites for hydroxylation is 1. The average molecular weight is 250 g/mol. The molecule has 0 atom stereocenters. The van der Waals surface area contributed by atoms with Gasteiger partial charge in [0.2, 0.25) is 5.82 Å². The molecule has 0 amide bonds. The van der Waals surface area contributed by atoms with Gasteiger partial charge in [0.1, 0.15) is 5.76 Å². The van der Waals surface area contributed by atoms with E-state index in [-0.39, 0.29) is 6.54 Å². The number of aliphatic carboxylic acids is 1. The van der Waals surface area contributed by atoms with Gasteiger partial charge in [-0.3, -0.25) is 4.79 Å². The highest BCUT2D eigenvalue weighted by molar-refractivity contribution is 5.73. The van der Waals surface area contributed by atoms with E-state index in [1.165, 1.54) is 4.68 Å². The fourth-order valence-corrected chi connectivity index (χ4v) is 1.48. The van der Waals surface area contributed by atoms with Crippen molar-refractivity contribution in [3.05, 3.63) is 17.9 Å². The van der Waals surface area contributed by atoms with Crippen LogP contribution in [0.15, 0.2) is 16.5 Å². The van der Waals surface area contributed by atoms with Gasteiger partial charge in [-0.15, -0.1) is 5.10 Å². The minimum Gasteiger partial charge on any atom is -0.481 e. The summed E-state index contributed by atoms with van der Waals surface area (Å²) in [6.07, 6.45) is 0. The number of hydrogen-bond acceptors (Lipinski definition) is 5. The lowest BCUT2D eigenvalue weighted by molar-refractivity contribution is -0.147. The first kappa shape index (κ1) is 12.3. The maximum Gasteiger partial charge on any atom is 0.310 e. The Kier molecular flexibility index (Phi) is 2.90. The zero-order chi connectivity index (χ0) is 13.3. The summed E-state index contributed by atoms with van der Waals surface area (Å²) in [5.41, 5.74) is -0.953. The number of tetrazole rings is 1. The van der Waals surface area contributed by atoms with Crippen LogP contribution in [0.4, 0.5) is 0 Å². The smallest absolute Gasteiger partial charge is 0.310 e. The van der Waals surface area contributed by atoms with E-state index in [0.717, 1.165) is 5.76 Å². The molecule has 0 saturated carbocycles. The maximum absolute atomic E-state index is 11.1. The van der Waals surface area contributed by atoms with Crippen molar-refractivity contribution >= 4 is 5.97 Å². The van der Waals surface area contributed by atoms with Crippen molar-refractivity contribution in [2.24, 2.45) is 5.41 Å². The Balaban J connectivity index is 2.32. The molecule has 0 unspecified atom stereocenters. The molecule has 0 saturated heterocycles. The summed E-state index contributed by atoms with van der Waals surface area (Å²) in [5.74, 6) is 0.799. The largest absolute Gasteiger partial charge is 0.481 e. The van der Waals surface area contributed by atoms with Crippen molar-refractivity contribution < 1.29 is 14.3 Å². The molecule has 0 aliphatic carbocycles. The monoisotopic (exact) mass is 250 g/mol. The Bertz CT molecular complexity index is 570. The van der Waals surface area contributed by atoms with Crippen LogP contribution < -0.4 is 0 Å². The Morgan fingerprint density at radius 2 is 2.22 bits per heavy atom. The molecule has 0 radical (unpaired) electrons. The van der Waals surface area contributed by atoms with Crippen LogP contribution in [-0.2, 0) is 11.3 Å². The molecule has 18 heavy (non-hydrogen) atoms. The number of carbonyl (C=O) groups is 1. The molecule has 2 aromatic rings. The molecule has 0 spiro atoms. The van der Waals surface area contributed by atoms with E-state index < -0.39 is 11.4 Å². The van der Waals surface area contributed by atoms with Crippen LogP contribution in [0.5, 0.6) is 0 Å². The first-order valence-electron chi connectivity index (χ1n) is 5.46. The summed E-state index contributed by atoms with van der Waals surface area (Å²) in [4.78, 5) is 11.1. The minimum absolute atomic E-state index is 0.171. The molecule has 0 aliphatic heterocycles. The highest BCUT2D eigenvalue weighted by Gasteiger charge is 2.30. The van der Waals surface area contributed by atoms with Crippen molar-refractivity contribution in [2.45, 2.75) is 27.3 Å². The van der Waals surface area contributed by atoms with E-state index in [0.29, 0.717) is 11.6 Å². The van der Waals surface area contributed by atoms with Crippen LogP contribution in [0, 0.1) is 12.3 Å². The third-order valence-electron chi connectivity index (χ3n) is 2.62. The molecule has 2 rings (SSSR count). The zero-order valence-corrected chi connectivity index (χ0v) is 10.4. The van der Waals surface area contributed by atoms with Crippen molar-refractivity contribution in [2.75, 3.05) is 0 Å². The quantitative estimate of drug-likeness (QED) is 0.880. The number of aromatic nitrogens is 4. The molecule has 0 aliphatic rings. The van der Waals surface area contributed by atoms with Crippen LogP contribution in [0.3, 0.4) is 0 Å². The van der Waals surface area contributed by atoms with Crippen molar-refractivity contribution in [1.82, 2.24) is 20.2 Å². The van der Waals surface area contributed by atoms with Crippen LogP contribution in [-0.4, -0.2) is 31.3 Å². The van der Waals surface area contributed by atoms with Gasteiger partial charge in [-0.2, -0.15) is 0 Å². The lowest BCUT2D eigenvalue weighted by Gasteiger charge is -2.18. The fraction of sp³-hybridized carbons (Fsp3) is 0.455.